The number of hydrogen-bond acceptors (Lipinski definition) is 5. The molecule has 2 aliphatic heterocycles. The molecule has 1 amide bonds. The lowest BCUT2D eigenvalue weighted by atomic mass is 10.00. The minimum absolute atomic E-state index is 0.0621. The molecule has 1 saturated heterocycles. The van der Waals surface area contributed by atoms with Gasteiger partial charge in [0.1, 0.15) is 0 Å². The van der Waals surface area contributed by atoms with Crippen molar-refractivity contribution in [2.75, 3.05) is 33.5 Å². The molecule has 8 heteroatoms. The highest BCUT2D eigenvalue weighted by molar-refractivity contribution is 7.89. The molecule has 1 fully saturated rings. The minimum atomic E-state index is -3.55. The fourth-order valence-electron chi connectivity index (χ4n) is 3.17. The molecule has 0 aromatic heterocycles. The molecule has 1 atom stereocenters. The number of carbonyl (C=O) groups is 1. The smallest absolute Gasteiger partial charge is 0.240 e. The number of rotatable bonds is 6. The molecule has 0 spiro atoms. The van der Waals surface area contributed by atoms with Crippen LogP contribution in [-0.4, -0.2) is 58.7 Å². The predicted octanol–water partition coefficient (Wildman–Crippen LogP) is 0.675. The number of sulfonamides is 1. The third-order valence-electron chi connectivity index (χ3n) is 4.62. The number of methoxy groups -OCH3 is 1. The van der Waals surface area contributed by atoms with E-state index in [0.29, 0.717) is 52.2 Å². The van der Waals surface area contributed by atoms with E-state index in [1.165, 1.54) is 0 Å². The van der Waals surface area contributed by atoms with Crippen molar-refractivity contribution in [3.8, 4) is 0 Å². The fraction of sp³-hybridized carbons (Fsp3) is 0.588. The van der Waals surface area contributed by atoms with Gasteiger partial charge in [-0.2, -0.15) is 0 Å². The summed E-state index contributed by atoms with van der Waals surface area (Å²) in [6.07, 6.45) is 1.72. The van der Waals surface area contributed by atoms with Gasteiger partial charge in [0.2, 0.25) is 15.9 Å². The molecule has 1 aromatic carbocycles. The first-order chi connectivity index (χ1) is 12.0. The van der Waals surface area contributed by atoms with Crippen LogP contribution in [0.1, 0.15) is 24.0 Å². The largest absolute Gasteiger partial charge is 0.384 e. The van der Waals surface area contributed by atoms with Gasteiger partial charge in [-0.3, -0.25) is 4.79 Å². The highest BCUT2D eigenvalue weighted by atomic mass is 32.2. The second-order valence-electron chi connectivity index (χ2n) is 6.42. The van der Waals surface area contributed by atoms with Crippen molar-refractivity contribution >= 4 is 15.9 Å². The van der Waals surface area contributed by atoms with Crippen LogP contribution in [0.25, 0.3) is 0 Å². The van der Waals surface area contributed by atoms with Crippen molar-refractivity contribution < 1.29 is 22.7 Å². The summed E-state index contributed by atoms with van der Waals surface area (Å²) in [6, 6.07) is 4.99. The van der Waals surface area contributed by atoms with E-state index in [1.807, 2.05) is 6.07 Å². The molecule has 3 rings (SSSR count). The lowest BCUT2D eigenvalue weighted by molar-refractivity contribution is -0.133. The molecule has 0 radical (unpaired) electrons. The Labute approximate surface area is 148 Å². The summed E-state index contributed by atoms with van der Waals surface area (Å²) in [7, 11) is -1.97. The summed E-state index contributed by atoms with van der Waals surface area (Å²) in [5.41, 5.74) is 1.99. The summed E-state index contributed by atoms with van der Waals surface area (Å²) < 4.78 is 37.9. The summed E-state index contributed by atoms with van der Waals surface area (Å²) in [6.45, 7) is 2.54. The number of nitrogens with one attached hydrogen (secondary N) is 1. The van der Waals surface area contributed by atoms with Gasteiger partial charge in [0.15, 0.2) is 0 Å². The molecule has 0 unspecified atom stereocenters. The monoisotopic (exact) mass is 368 g/mol. The van der Waals surface area contributed by atoms with E-state index in [9.17, 15) is 13.2 Å². The van der Waals surface area contributed by atoms with Gasteiger partial charge < -0.3 is 14.4 Å². The predicted molar refractivity (Wildman–Crippen MR) is 91.6 cm³/mol. The molecule has 7 nitrogen and oxygen atoms in total. The number of carbonyl (C=O) groups excluding carboxylic acids is 1. The van der Waals surface area contributed by atoms with Crippen molar-refractivity contribution in [1.29, 1.82) is 0 Å². The number of amides is 1. The number of ether oxygens (including phenoxy) is 2. The zero-order valence-electron chi connectivity index (χ0n) is 14.4. The van der Waals surface area contributed by atoms with Crippen molar-refractivity contribution in [3.63, 3.8) is 0 Å². The molecule has 2 heterocycles. The first kappa shape index (κ1) is 18.3. The molecule has 1 N–H and O–H groups in total. The lowest BCUT2D eigenvalue weighted by Crippen LogP contribution is -2.37. The average molecular weight is 368 g/mol. The Morgan fingerprint density at radius 2 is 2.24 bits per heavy atom. The van der Waals surface area contributed by atoms with E-state index in [-0.39, 0.29) is 16.8 Å². The van der Waals surface area contributed by atoms with Gasteiger partial charge in [-0.15, -0.1) is 0 Å². The third-order valence-corrected chi connectivity index (χ3v) is 6.14. The molecule has 138 valence electrons. The number of nitrogens with zero attached hydrogens (tertiary/aromatic N) is 1. The van der Waals surface area contributed by atoms with E-state index < -0.39 is 10.0 Å². The van der Waals surface area contributed by atoms with E-state index >= 15 is 0 Å². The van der Waals surface area contributed by atoms with Crippen molar-refractivity contribution in [2.24, 2.45) is 0 Å². The maximum Gasteiger partial charge on any atom is 0.240 e. The maximum absolute atomic E-state index is 12.5. The van der Waals surface area contributed by atoms with Crippen LogP contribution in [0.3, 0.4) is 0 Å². The van der Waals surface area contributed by atoms with E-state index in [1.54, 1.807) is 24.1 Å². The van der Waals surface area contributed by atoms with Crippen molar-refractivity contribution in [2.45, 2.75) is 36.7 Å². The number of fused-ring (bicyclic) bond motifs is 1. The second kappa shape index (κ2) is 7.82. The van der Waals surface area contributed by atoms with Gasteiger partial charge in [0.05, 0.1) is 24.5 Å². The standard InChI is InChI=1S/C17H24N2O5S/c1-23-8-6-17(20)19-7-4-13-10-16(3-2-14(13)11-19)25(21,22)18-15-5-9-24-12-15/h2-3,10,15,18H,4-9,11-12H2,1H3/t15-/m1/s1. The minimum Gasteiger partial charge on any atom is -0.384 e. The van der Waals surface area contributed by atoms with Crippen LogP contribution in [0, 0.1) is 0 Å². The number of benzene rings is 1. The Balaban J connectivity index is 1.70. The maximum atomic E-state index is 12.5. The average Bonchev–Trinajstić information content (AvgIpc) is 3.11. The molecule has 0 saturated carbocycles. The second-order valence-corrected chi connectivity index (χ2v) is 8.13. The molecule has 0 aliphatic carbocycles. The Hall–Kier alpha value is -1.48. The van der Waals surface area contributed by atoms with Gasteiger partial charge in [0, 0.05) is 32.8 Å². The molecular formula is C17H24N2O5S. The zero-order chi connectivity index (χ0) is 17.9. The topological polar surface area (TPSA) is 84.9 Å². The number of hydrogen-bond donors (Lipinski definition) is 1. The summed E-state index contributed by atoms with van der Waals surface area (Å²) in [5.74, 6) is 0.0621. The Morgan fingerprint density at radius 3 is 2.96 bits per heavy atom. The SMILES string of the molecule is COCCC(=O)N1CCc2cc(S(=O)(=O)N[C@@H]3CCOC3)ccc2C1. The normalized spacial score (nSPS) is 20.5. The van der Waals surface area contributed by atoms with Crippen LogP contribution in [0.5, 0.6) is 0 Å². The van der Waals surface area contributed by atoms with Gasteiger partial charge >= 0.3 is 0 Å². The third kappa shape index (κ3) is 4.38. The first-order valence-corrected chi connectivity index (χ1v) is 9.96. The lowest BCUT2D eigenvalue weighted by Gasteiger charge is -2.29. The van der Waals surface area contributed by atoms with E-state index in [0.717, 1.165) is 11.1 Å². The van der Waals surface area contributed by atoms with Crippen LogP contribution in [0.2, 0.25) is 0 Å². The molecule has 25 heavy (non-hydrogen) atoms. The van der Waals surface area contributed by atoms with Gasteiger partial charge in [0.25, 0.3) is 0 Å². The first-order valence-electron chi connectivity index (χ1n) is 8.48. The van der Waals surface area contributed by atoms with E-state index in [4.69, 9.17) is 9.47 Å². The van der Waals surface area contributed by atoms with E-state index in [2.05, 4.69) is 4.72 Å². The summed E-state index contributed by atoms with van der Waals surface area (Å²) in [5, 5.41) is 0. The van der Waals surface area contributed by atoms with Crippen LogP contribution in [0.15, 0.2) is 23.1 Å². The Bertz CT molecular complexity index is 729. The Kier molecular flexibility index (Phi) is 5.73. The molecular weight excluding hydrogens is 344 g/mol. The van der Waals surface area contributed by atoms with Gasteiger partial charge in [-0.1, -0.05) is 6.07 Å². The van der Waals surface area contributed by atoms with Crippen molar-refractivity contribution in [1.82, 2.24) is 9.62 Å². The Morgan fingerprint density at radius 1 is 1.40 bits per heavy atom. The zero-order valence-corrected chi connectivity index (χ0v) is 15.2. The summed E-state index contributed by atoms with van der Waals surface area (Å²) >= 11 is 0. The molecule has 0 bridgehead atoms. The summed E-state index contributed by atoms with van der Waals surface area (Å²) in [4.78, 5) is 14.2. The van der Waals surface area contributed by atoms with Crippen LogP contribution in [0.4, 0.5) is 0 Å². The molecule has 1 aromatic rings. The quantitative estimate of drug-likeness (QED) is 0.798. The highest BCUT2D eigenvalue weighted by Crippen LogP contribution is 2.23. The van der Waals surface area contributed by atoms with Crippen LogP contribution in [-0.2, 0) is 37.3 Å². The van der Waals surface area contributed by atoms with Crippen molar-refractivity contribution in [3.05, 3.63) is 29.3 Å². The molecule has 2 aliphatic rings. The fourth-order valence-corrected chi connectivity index (χ4v) is 4.48. The van der Waals surface area contributed by atoms with Gasteiger partial charge in [-0.05, 0) is 36.1 Å². The highest BCUT2D eigenvalue weighted by Gasteiger charge is 2.26. The van der Waals surface area contributed by atoms with Crippen LogP contribution < -0.4 is 4.72 Å². The van der Waals surface area contributed by atoms with Gasteiger partial charge in [-0.25, -0.2) is 13.1 Å². The van der Waals surface area contributed by atoms with Crippen LogP contribution >= 0.6 is 0 Å².